The SMILES string of the molecule is COCCN(C(C)C)S(=O)(=O)N(C)CCCNC(C)C. The number of nitrogens with zero attached hydrogens (tertiary/aromatic N) is 2. The Hall–Kier alpha value is -0.210. The van der Waals surface area contributed by atoms with Gasteiger partial charge in [0.25, 0.3) is 10.2 Å². The number of methoxy groups -OCH3 is 1. The van der Waals surface area contributed by atoms with Gasteiger partial charge in [-0.2, -0.15) is 17.0 Å². The van der Waals surface area contributed by atoms with Gasteiger partial charge in [-0.3, -0.25) is 0 Å². The molecule has 1 N–H and O–H groups in total. The van der Waals surface area contributed by atoms with E-state index in [2.05, 4.69) is 19.2 Å². The number of ether oxygens (including phenoxy) is 1. The summed E-state index contributed by atoms with van der Waals surface area (Å²) >= 11 is 0. The molecule has 0 atom stereocenters. The van der Waals surface area contributed by atoms with Crippen LogP contribution in [0.4, 0.5) is 0 Å². The summed E-state index contributed by atoms with van der Waals surface area (Å²) in [7, 11) is -0.207. The van der Waals surface area contributed by atoms with E-state index in [1.165, 1.54) is 8.61 Å². The average Bonchev–Trinajstić information content (AvgIpc) is 2.33. The highest BCUT2D eigenvalue weighted by Crippen LogP contribution is 2.11. The van der Waals surface area contributed by atoms with E-state index in [4.69, 9.17) is 4.74 Å². The van der Waals surface area contributed by atoms with E-state index < -0.39 is 10.2 Å². The van der Waals surface area contributed by atoms with Crippen molar-refractivity contribution in [3.05, 3.63) is 0 Å². The molecular weight excluding hydrogens is 278 g/mol. The highest BCUT2D eigenvalue weighted by Gasteiger charge is 2.28. The van der Waals surface area contributed by atoms with E-state index in [1.54, 1.807) is 14.2 Å². The average molecular weight is 309 g/mol. The minimum atomic E-state index is -3.41. The van der Waals surface area contributed by atoms with Crippen LogP contribution in [-0.2, 0) is 14.9 Å². The molecule has 0 aromatic heterocycles. The lowest BCUT2D eigenvalue weighted by Gasteiger charge is -2.30. The molecule has 0 aromatic rings. The van der Waals surface area contributed by atoms with E-state index in [-0.39, 0.29) is 6.04 Å². The van der Waals surface area contributed by atoms with Crippen LogP contribution < -0.4 is 5.32 Å². The lowest BCUT2D eigenvalue weighted by molar-refractivity contribution is 0.167. The molecule has 0 amide bonds. The second kappa shape index (κ2) is 9.68. The molecule has 20 heavy (non-hydrogen) atoms. The van der Waals surface area contributed by atoms with Crippen molar-refractivity contribution in [2.24, 2.45) is 0 Å². The van der Waals surface area contributed by atoms with Crippen molar-refractivity contribution in [3.8, 4) is 0 Å². The Morgan fingerprint density at radius 1 is 1.15 bits per heavy atom. The molecule has 7 heteroatoms. The Morgan fingerprint density at radius 3 is 2.20 bits per heavy atom. The number of hydrogen-bond acceptors (Lipinski definition) is 4. The normalized spacial score (nSPS) is 13.1. The number of nitrogens with one attached hydrogen (secondary N) is 1. The van der Waals surface area contributed by atoms with Gasteiger partial charge in [-0.15, -0.1) is 0 Å². The van der Waals surface area contributed by atoms with E-state index in [9.17, 15) is 8.42 Å². The maximum absolute atomic E-state index is 12.5. The van der Waals surface area contributed by atoms with Crippen LogP contribution in [0.1, 0.15) is 34.1 Å². The fraction of sp³-hybridized carbons (Fsp3) is 1.00. The molecule has 0 saturated carbocycles. The molecule has 0 aliphatic heterocycles. The molecule has 0 aliphatic rings. The standard InChI is InChI=1S/C13H31N3O3S/c1-12(2)14-8-7-9-15(5)20(17,18)16(13(3)4)10-11-19-6/h12-14H,7-11H2,1-6H3. The lowest BCUT2D eigenvalue weighted by Crippen LogP contribution is -2.47. The molecule has 122 valence electrons. The first-order valence-electron chi connectivity index (χ1n) is 7.18. The van der Waals surface area contributed by atoms with E-state index in [0.717, 1.165) is 13.0 Å². The summed E-state index contributed by atoms with van der Waals surface area (Å²) < 4.78 is 32.9. The maximum atomic E-state index is 12.5. The minimum Gasteiger partial charge on any atom is -0.383 e. The molecule has 0 aromatic carbocycles. The lowest BCUT2D eigenvalue weighted by atomic mass is 10.3. The first kappa shape index (κ1) is 19.8. The van der Waals surface area contributed by atoms with Gasteiger partial charge < -0.3 is 10.1 Å². The topological polar surface area (TPSA) is 61.9 Å². The van der Waals surface area contributed by atoms with Crippen LogP contribution in [0.2, 0.25) is 0 Å². The van der Waals surface area contributed by atoms with Gasteiger partial charge in [0, 0.05) is 39.3 Å². The summed E-state index contributed by atoms with van der Waals surface area (Å²) in [5.41, 5.74) is 0. The number of rotatable bonds is 11. The molecule has 0 unspecified atom stereocenters. The fourth-order valence-electron chi connectivity index (χ4n) is 1.81. The van der Waals surface area contributed by atoms with Crippen LogP contribution in [0.25, 0.3) is 0 Å². The monoisotopic (exact) mass is 309 g/mol. The van der Waals surface area contributed by atoms with E-state index in [1.807, 2.05) is 13.8 Å². The quantitative estimate of drug-likeness (QED) is 0.576. The Balaban J connectivity index is 4.49. The predicted octanol–water partition coefficient (Wildman–Crippen LogP) is 0.908. The second-order valence-electron chi connectivity index (χ2n) is 5.49. The van der Waals surface area contributed by atoms with Gasteiger partial charge in [0.15, 0.2) is 0 Å². The van der Waals surface area contributed by atoms with Gasteiger partial charge in [-0.25, -0.2) is 0 Å². The second-order valence-corrected chi connectivity index (χ2v) is 7.48. The summed E-state index contributed by atoms with van der Waals surface area (Å²) in [5, 5.41) is 3.28. The molecule has 6 nitrogen and oxygen atoms in total. The Labute approximate surface area is 124 Å². The highest BCUT2D eigenvalue weighted by molar-refractivity contribution is 7.86. The smallest absolute Gasteiger partial charge is 0.282 e. The van der Waals surface area contributed by atoms with Crippen molar-refractivity contribution in [3.63, 3.8) is 0 Å². The molecular formula is C13H31N3O3S. The first-order valence-corrected chi connectivity index (χ1v) is 8.58. The van der Waals surface area contributed by atoms with Crippen molar-refractivity contribution >= 4 is 10.2 Å². The third kappa shape index (κ3) is 6.99. The Kier molecular flexibility index (Phi) is 9.58. The van der Waals surface area contributed by atoms with Gasteiger partial charge in [0.05, 0.1) is 6.61 Å². The van der Waals surface area contributed by atoms with Crippen LogP contribution in [0.3, 0.4) is 0 Å². The maximum Gasteiger partial charge on any atom is 0.282 e. The summed E-state index contributed by atoms with van der Waals surface area (Å²) in [4.78, 5) is 0. The van der Waals surface area contributed by atoms with Crippen molar-refractivity contribution in [2.45, 2.75) is 46.2 Å². The van der Waals surface area contributed by atoms with Crippen molar-refractivity contribution < 1.29 is 13.2 Å². The van der Waals surface area contributed by atoms with Crippen molar-refractivity contribution in [1.82, 2.24) is 13.9 Å². The number of hydrogen-bond donors (Lipinski definition) is 1. The van der Waals surface area contributed by atoms with Gasteiger partial charge in [0.2, 0.25) is 0 Å². The Morgan fingerprint density at radius 2 is 1.75 bits per heavy atom. The van der Waals surface area contributed by atoms with Crippen LogP contribution >= 0.6 is 0 Å². The largest absolute Gasteiger partial charge is 0.383 e. The van der Waals surface area contributed by atoms with Crippen LogP contribution in [0.5, 0.6) is 0 Å². The fourth-order valence-corrected chi connectivity index (χ4v) is 3.36. The summed E-state index contributed by atoms with van der Waals surface area (Å²) in [6.45, 7) is 10.0. The molecule has 0 fully saturated rings. The van der Waals surface area contributed by atoms with Crippen LogP contribution in [0.15, 0.2) is 0 Å². The molecule has 0 aliphatic carbocycles. The van der Waals surface area contributed by atoms with E-state index >= 15 is 0 Å². The zero-order valence-corrected chi connectivity index (χ0v) is 14.5. The zero-order chi connectivity index (χ0) is 15.8. The summed E-state index contributed by atoms with van der Waals surface area (Å²) in [6.07, 6.45) is 0.796. The summed E-state index contributed by atoms with van der Waals surface area (Å²) in [5.74, 6) is 0. The Bertz CT molecular complexity index is 345. The predicted molar refractivity (Wildman–Crippen MR) is 83.0 cm³/mol. The molecule has 0 rings (SSSR count). The van der Waals surface area contributed by atoms with Crippen molar-refractivity contribution in [1.29, 1.82) is 0 Å². The van der Waals surface area contributed by atoms with Gasteiger partial charge in [-0.1, -0.05) is 13.8 Å². The third-order valence-corrected chi connectivity index (χ3v) is 5.15. The van der Waals surface area contributed by atoms with E-state index in [0.29, 0.717) is 25.7 Å². The molecule has 0 saturated heterocycles. The first-order chi connectivity index (χ1) is 9.23. The molecule has 0 bridgehead atoms. The van der Waals surface area contributed by atoms with Crippen molar-refractivity contribution in [2.75, 3.05) is 40.4 Å². The zero-order valence-electron chi connectivity index (χ0n) is 13.7. The minimum absolute atomic E-state index is 0.0774. The highest BCUT2D eigenvalue weighted by atomic mass is 32.2. The van der Waals surface area contributed by atoms with Gasteiger partial charge in [-0.05, 0) is 26.8 Å². The van der Waals surface area contributed by atoms with Gasteiger partial charge >= 0.3 is 0 Å². The molecule has 0 heterocycles. The molecule has 0 radical (unpaired) electrons. The molecule has 0 spiro atoms. The van der Waals surface area contributed by atoms with Crippen LogP contribution in [-0.4, -0.2) is 69.5 Å². The van der Waals surface area contributed by atoms with Gasteiger partial charge in [0.1, 0.15) is 0 Å². The third-order valence-electron chi connectivity index (χ3n) is 2.98. The van der Waals surface area contributed by atoms with Crippen LogP contribution in [0, 0.1) is 0 Å². The summed E-state index contributed by atoms with van der Waals surface area (Å²) in [6, 6.07) is 0.345.